The topological polar surface area (TPSA) is 81.3 Å². The van der Waals surface area contributed by atoms with E-state index >= 15 is 0 Å². The highest BCUT2D eigenvalue weighted by atomic mass is 79.9. The average molecular weight is 532 g/mol. The monoisotopic (exact) mass is 531 g/mol. The number of benzene rings is 3. The van der Waals surface area contributed by atoms with Crippen LogP contribution in [0.3, 0.4) is 0 Å². The smallest absolute Gasteiger partial charge is 0.282 e. The predicted molar refractivity (Wildman–Crippen MR) is 138 cm³/mol. The number of nitrogens with one attached hydrogen (secondary N) is 1. The molecule has 7 nitrogen and oxygen atoms in total. The minimum absolute atomic E-state index is 0.0518. The van der Waals surface area contributed by atoms with Crippen molar-refractivity contribution in [3.63, 3.8) is 0 Å². The number of fused-ring (bicyclic) bond motifs is 2. The highest BCUT2D eigenvalue weighted by Crippen LogP contribution is 2.21. The standard InChI is InChI=1S/C26H19BrFN5O2/c1-16-30-23-11-6-18(27)12-22(23)26(35)33(16)29-13-17-14-32(24-5-3-2-4-21(17)24)15-25(34)31-20-9-7-19(28)8-10-20/h2-14H,15H2,1H3,(H,31,34). The predicted octanol–water partition coefficient (Wildman–Crippen LogP) is 5.08. The second-order valence-electron chi connectivity index (χ2n) is 7.97. The van der Waals surface area contributed by atoms with E-state index in [0.29, 0.717) is 22.4 Å². The summed E-state index contributed by atoms with van der Waals surface area (Å²) in [6, 6.07) is 18.6. The molecule has 1 amide bonds. The van der Waals surface area contributed by atoms with Crippen molar-refractivity contribution in [3.05, 3.63) is 105 Å². The molecule has 0 aliphatic rings. The average Bonchev–Trinajstić information content (AvgIpc) is 3.18. The highest BCUT2D eigenvalue weighted by Gasteiger charge is 2.12. The van der Waals surface area contributed by atoms with Gasteiger partial charge in [-0.3, -0.25) is 9.59 Å². The Morgan fingerprint density at radius 3 is 2.69 bits per heavy atom. The van der Waals surface area contributed by atoms with Crippen LogP contribution >= 0.6 is 15.9 Å². The van der Waals surface area contributed by atoms with E-state index in [1.807, 2.05) is 36.5 Å². The maximum atomic E-state index is 13.1. The van der Waals surface area contributed by atoms with Crippen LogP contribution in [0.2, 0.25) is 0 Å². The number of hydrogen-bond acceptors (Lipinski definition) is 4. The Morgan fingerprint density at radius 2 is 1.89 bits per heavy atom. The van der Waals surface area contributed by atoms with Crippen LogP contribution in [-0.4, -0.2) is 26.3 Å². The summed E-state index contributed by atoms with van der Waals surface area (Å²) < 4.78 is 17.0. The normalized spacial score (nSPS) is 11.5. The molecule has 0 saturated carbocycles. The molecule has 3 aromatic carbocycles. The first-order chi connectivity index (χ1) is 16.9. The fourth-order valence-electron chi connectivity index (χ4n) is 3.91. The van der Waals surface area contributed by atoms with Crippen LogP contribution in [0.25, 0.3) is 21.8 Å². The maximum absolute atomic E-state index is 13.1. The zero-order valence-electron chi connectivity index (χ0n) is 18.6. The summed E-state index contributed by atoms with van der Waals surface area (Å²) in [7, 11) is 0. The zero-order chi connectivity index (χ0) is 24.5. The first kappa shape index (κ1) is 22.7. The van der Waals surface area contributed by atoms with Gasteiger partial charge in [0.15, 0.2) is 0 Å². The van der Waals surface area contributed by atoms with Gasteiger partial charge in [0.2, 0.25) is 5.91 Å². The van der Waals surface area contributed by atoms with Crippen LogP contribution in [0, 0.1) is 12.7 Å². The number of aromatic nitrogens is 3. The summed E-state index contributed by atoms with van der Waals surface area (Å²) in [5.41, 5.74) is 2.43. The Labute approximate surface area is 207 Å². The number of carbonyl (C=O) groups excluding carboxylic acids is 1. The van der Waals surface area contributed by atoms with Crippen molar-refractivity contribution in [2.45, 2.75) is 13.5 Å². The molecule has 0 bridgehead atoms. The first-order valence-corrected chi connectivity index (χ1v) is 11.5. The number of aryl methyl sites for hydroxylation is 1. The molecule has 0 aliphatic heterocycles. The van der Waals surface area contributed by atoms with Gasteiger partial charge in [-0.1, -0.05) is 34.1 Å². The summed E-state index contributed by atoms with van der Waals surface area (Å²) in [5.74, 6) is -0.160. The van der Waals surface area contributed by atoms with Crippen LogP contribution in [0.4, 0.5) is 10.1 Å². The van der Waals surface area contributed by atoms with Gasteiger partial charge in [-0.2, -0.15) is 9.78 Å². The molecule has 0 spiro atoms. The van der Waals surface area contributed by atoms with E-state index in [-0.39, 0.29) is 23.8 Å². The van der Waals surface area contributed by atoms with Gasteiger partial charge in [0.25, 0.3) is 5.56 Å². The fraction of sp³-hybridized carbons (Fsp3) is 0.0769. The Kier molecular flexibility index (Phi) is 6.00. The number of anilines is 1. The van der Waals surface area contributed by atoms with Gasteiger partial charge in [-0.15, -0.1) is 0 Å². The summed E-state index contributed by atoms with van der Waals surface area (Å²) in [6.45, 7) is 1.78. The molecule has 0 aliphatic carbocycles. The summed E-state index contributed by atoms with van der Waals surface area (Å²) >= 11 is 3.39. The van der Waals surface area contributed by atoms with Crippen LogP contribution in [0.5, 0.6) is 0 Å². The third-order valence-corrected chi connectivity index (χ3v) is 6.04. The largest absolute Gasteiger partial charge is 0.337 e. The minimum Gasteiger partial charge on any atom is -0.337 e. The quantitative estimate of drug-likeness (QED) is 0.321. The molecule has 9 heteroatoms. The van der Waals surface area contributed by atoms with E-state index in [9.17, 15) is 14.0 Å². The molecular weight excluding hydrogens is 513 g/mol. The molecule has 0 unspecified atom stereocenters. The summed E-state index contributed by atoms with van der Waals surface area (Å²) in [4.78, 5) is 30.2. The van der Waals surface area contributed by atoms with Gasteiger partial charge in [0, 0.05) is 32.8 Å². The van der Waals surface area contributed by atoms with Gasteiger partial charge in [-0.05, 0) is 55.5 Å². The molecule has 0 saturated heterocycles. The molecule has 35 heavy (non-hydrogen) atoms. The Balaban J connectivity index is 1.47. The number of rotatable bonds is 5. The van der Waals surface area contributed by atoms with E-state index in [4.69, 9.17) is 0 Å². The van der Waals surface area contributed by atoms with E-state index in [1.165, 1.54) is 28.9 Å². The number of hydrogen-bond donors (Lipinski definition) is 1. The number of carbonyl (C=O) groups is 1. The SMILES string of the molecule is Cc1nc2ccc(Br)cc2c(=O)n1N=Cc1cn(CC(=O)Nc2ccc(F)cc2)c2ccccc12. The van der Waals surface area contributed by atoms with Gasteiger partial charge < -0.3 is 9.88 Å². The van der Waals surface area contributed by atoms with Crippen LogP contribution in [0.15, 0.2) is 87.3 Å². The Hall–Kier alpha value is -4.11. The van der Waals surface area contributed by atoms with Gasteiger partial charge in [-0.25, -0.2) is 9.37 Å². The van der Waals surface area contributed by atoms with Crippen molar-refractivity contribution in [1.82, 2.24) is 14.2 Å². The molecular formula is C26H19BrFN5O2. The molecule has 0 radical (unpaired) electrons. The Bertz CT molecular complexity index is 1670. The third-order valence-electron chi connectivity index (χ3n) is 5.54. The van der Waals surface area contributed by atoms with Crippen molar-refractivity contribution in [3.8, 4) is 0 Å². The van der Waals surface area contributed by atoms with Crippen molar-refractivity contribution in [1.29, 1.82) is 0 Å². The van der Waals surface area contributed by atoms with Crippen molar-refractivity contribution >= 4 is 55.5 Å². The first-order valence-electron chi connectivity index (χ1n) is 10.8. The summed E-state index contributed by atoms with van der Waals surface area (Å²) in [6.07, 6.45) is 3.40. The molecule has 5 rings (SSSR count). The lowest BCUT2D eigenvalue weighted by atomic mass is 10.2. The molecule has 174 valence electrons. The number of para-hydroxylation sites is 1. The highest BCUT2D eigenvalue weighted by molar-refractivity contribution is 9.10. The van der Waals surface area contributed by atoms with Gasteiger partial charge >= 0.3 is 0 Å². The van der Waals surface area contributed by atoms with E-state index in [2.05, 4.69) is 31.3 Å². The van der Waals surface area contributed by atoms with Crippen molar-refractivity contribution in [2.75, 3.05) is 5.32 Å². The molecule has 2 heterocycles. The van der Waals surface area contributed by atoms with Crippen LogP contribution in [0.1, 0.15) is 11.4 Å². The zero-order valence-corrected chi connectivity index (χ0v) is 20.2. The van der Waals surface area contributed by atoms with Crippen LogP contribution < -0.4 is 10.9 Å². The fourth-order valence-corrected chi connectivity index (χ4v) is 4.27. The van der Waals surface area contributed by atoms with Crippen molar-refractivity contribution in [2.24, 2.45) is 5.10 Å². The lowest BCUT2D eigenvalue weighted by Crippen LogP contribution is -2.20. The number of halogens is 2. The molecule has 2 aromatic heterocycles. The lowest BCUT2D eigenvalue weighted by molar-refractivity contribution is -0.116. The Morgan fingerprint density at radius 1 is 1.11 bits per heavy atom. The van der Waals surface area contributed by atoms with E-state index in [1.54, 1.807) is 29.8 Å². The molecule has 0 fully saturated rings. The van der Waals surface area contributed by atoms with Crippen LogP contribution in [-0.2, 0) is 11.3 Å². The second kappa shape index (κ2) is 9.27. The maximum Gasteiger partial charge on any atom is 0.282 e. The summed E-state index contributed by atoms with van der Waals surface area (Å²) in [5, 5.41) is 8.54. The second-order valence-corrected chi connectivity index (χ2v) is 8.88. The van der Waals surface area contributed by atoms with Crippen molar-refractivity contribution < 1.29 is 9.18 Å². The lowest BCUT2D eigenvalue weighted by Gasteiger charge is -2.07. The van der Waals surface area contributed by atoms with Gasteiger partial charge in [0.1, 0.15) is 18.2 Å². The van der Waals surface area contributed by atoms with E-state index < -0.39 is 0 Å². The minimum atomic E-state index is -0.369. The van der Waals surface area contributed by atoms with E-state index in [0.717, 1.165) is 20.9 Å². The number of nitrogens with zero attached hydrogens (tertiary/aromatic N) is 4. The molecule has 0 atom stereocenters. The molecule has 5 aromatic rings. The third kappa shape index (κ3) is 4.63. The number of amides is 1. The van der Waals surface area contributed by atoms with Gasteiger partial charge in [0.05, 0.1) is 17.1 Å². The molecule has 1 N–H and O–H groups in total.